The van der Waals surface area contributed by atoms with Crippen LogP contribution in [-0.2, 0) is 14.3 Å². The van der Waals surface area contributed by atoms with Gasteiger partial charge in [-0.05, 0) is 33.6 Å². The van der Waals surface area contributed by atoms with Crippen LogP contribution in [0.4, 0.5) is 4.79 Å². The van der Waals surface area contributed by atoms with Gasteiger partial charge in [0.15, 0.2) is 0 Å². The van der Waals surface area contributed by atoms with E-state index >= 15 is 0 Å². The molecule has 2 amide bonds. The first-order valence-corrected chi connectivity index (χ1v) is 6.58. The van der Waals surface area contributed by atoms with E-state index < -0.39 is 5.60 Å². The number of carbonyl (C=O) groups is 2. The van der Waals surface area contributed by atoms with Crippen molar-refractivity contribution < 1.29 is 19.1 Å². The molecular weight excluding hydrogens is 248 g/mol. The summed E-state index contributed by atoms with van der Waals surface area (Å²) in [6, 6.07) is -0.0241. The Morgan fingerprint density at radius 1 is 1.37 bits per heavy atom. The molecule has 6 heteroatoms. The van der Waals surface area contributed by atoms with Crippen molar-refractivity contribution in [3.05, 3.63) is 0 Å². The van der Waals surface area contributed by atoms with E-state index in [0.29, 0.717) is 13.1 Å². The minimum absolute atomic E-state index is 0.0241. The molecule has 1 aliphatic heterocycles. The molecule has 1 heterocycles. The second-order valence-corrected chi connectivity index (χ2v) is 5.77. The number of hydrogen-bond donors (Lipinski definition) is 1. The summed E-state index contributed by atoms with van der Waals surface area (Å²) in [4.78, 5) is 25.0. The maximum Gasteiger partial charge on any atom is 0.410 e. The van der Waals surface area contributed by atoms with Crippen LogP contribution in [0.1, 0.15) is 33.6 Å². The average molecular weight is 272 g/mol. The third-order valence-electron chi connectivity index (χ3n) is 2.71. The molecule has 6 nitrogen and oxygen atoms in total. The van der Waals surface area contributed by atoms with Crippen molar-refractivity contribution in [2.24, 2.45) is 0 Å². The molecule has 0 bridgehead atoms. The predicted molar refractivity (Wildman–Crippen MR) is 70.8 cm³/mol. The second kappa shape index (κ2) is 6.75. The first-order chi connectivity index (χ1) is 8.81. The molecule has 0 aromatic heterocycles. The molecule has 1 N–H and O–H groups in total. The Bertz CT molecular complexity index is 325. The number of ether oxygens (including phenoxy) is 2. The van der Waals surface area contributed by atoms with E-state index in [1.165, 1.54) is 7.11 Å². The summed E-state index contributed by atoms with van der Waals surface area (Å²) in [5, 5.41) is 2.85. The molecule has 110 valence electrons. The van der Waals surface area contributed by atoms with Crippen molar-refractivity contribution in [2.75, 3.05) is 26.8 Å². The van der Waals surface area contributed by atoms with E-state index in [0.717, 1.165) is 12.8 Å². The van der Waals surface area contributed by atoms with E-state index in [1.54, 1.807) is 4.90 Å². The number of amides is 2. The summed E-state index contributed by atoms with van der Waals surface area (Å²) < 4.78 is 10.1. The first kappa shape index (κ1) is 15.8. The highest BCUT2D eigenvalue weighted by molar-refractivity contribution is 5.77. The summed E-state index contributed by atoms with van der Waals surface area (Å²) >= 11 is 0. The quantitative estimate of drug-likeness (QED) is 0.837. The highest BCUT2D eigenvalue weighted by Crippen LogP contribution is 2.15. The van der Waals surface area contributed by atoms with Crippen LogP contribution in [-0.4, -0.2) is 55.3 Å². The fraction of sp³-hybridized carbons (Fsp3) is 0.846. The van der Waals surface area contributed by atoms with E-state index in [1.807, 2.05) is 20.8 Å². The molecular formula is C13H24N2O4. The lowest BCUT2D eigenvalue weighted by Gasteiger charge is -2.34. The Balaban J connectivity index is 2.45. The number of rotatable bonds is 3. The van der Waals surface area contributed by atoms with Gasteiger partial charge in [0.25, 0.3) is 0 Å². The standard InChI is InChI=1S/C13H24N2O4/c1-13(2,3)19-12(17)15-7-5-6-10(8-15)14-11(16)9-18-4/h10H,5-9H2,1-4H3,(H,14,16)/t10-/m1/s1. The molecule has 1 rings (SSSR count). The summed E-state index contributed by atoms with van der Waals surface area (Å²) in [5.41, 5.74) is -0.497. The topological polar surface area (TPSA) is 67.9 Å². The van der Waals surface area contributed by atoms with E-state index in [4.69, 9.17) is 9.47 Å². The normalized spacial score (nSPS) is 20.0. The SMILES string of the molecule is COCC(=O)N[C@@H]1CCCN(C(=O)OC(C)(C)C)C1. The molecule has 0 unspecified atom stereocenters. The Morgan fingerprint density at radius 2 is 2.05 bits per heavy atom. The number of nitrogens with zero attached hydrogens (tertiary/aromatic N) is 1. The van der Waals surface area contributed by atoms with Crippen molar-refractivity contribution in [3.8, 4) is 0 Å². The lowest BCUT2D eigenvalue weighted by atomic mass is 10.1. The van der Waals surface area contributed by atoms with Crippen molar-refractivity contribution in [1.29, 1.82) is 0 Å². The average Bonchev–Trinajstić information content (AvgIpc) is 2.27. The minimum Gasteiger partial charge on any atom is -0.444 e. The van der Waals surface area contributed by atoms with Gasteiger partial charge in [0.05, 0.1) is 0 Å². The molecule has 1 atom stereocenters. The van der Waals surface area contributed by atoms with Gasteiger partial charge in [-0.3, -0.25) is 4.79 Å². The van der Waals surface area contributed by atoms with Gasteiger partial charge in [0, 0.05) is 26.2 Å². The Morgan fingerprint density at radius 3 is 2.63 bits per heavy atom. The van der Waals surface area contributed by atoms with Crippen LogP contribution in [0.5, 0.6) is 0 Å². The van der Waals surface area contributed by atoms with Gasteiger partial charge in [-0.25, -0.2) is 4.79 Å². The van der Waals surface area contributed by atoms with Gasteiger partial charge >= 0.3 is 6.09 Å². The largest absolute Gasteiger partial charge is 0.444 e. The fourth-order valence-electron chi connectivity index (χ4n) is 1.99. The maximum absolute atomic E-state index is 11.9. The van der Waals surface area contributed by atoms with E-state index in [9.17, 15) is 9.59 Å². The molecule has 1 fully saturated rings. The molecule has 1 saturated heterocycles. The lowest BCUT2D eigenvalue weighted by molar-refractivity contribution is -0.125. The van der Waals surface area contributed by atoms with Crippen LogP contribution in [0.2, 0.25) is 0 Å². The van der Waals surface area contributed by atoms with E-state index in [-0.39, 0.29) is 24.6 Å². The number of hydrogen-bond acceptors (Lipinski definition) is 4. The Kier molecular flexibility index (Phi) is 5.60. The monoisotopic (exact) mass is 272 g/mol. The first-order valence-electron chi connectivity index (χ1n) is 6.58. The van der Waals surface area contributed by atoms with Crippen LogP contribution in [0.3, 0.4) is 0 Å². The van der Waals surface area contributed by atoms with Crippen LogP contribution in [0.25, 0.3) is 0 Å². The summed E-state index contributed by atoms with van der Waals surface area (Å²) in [7, 11) is 1.48. The summed E-state index contributed by atoms with van der Waals surface area (Å²) in [5.74, 6) is -0.154. The number of likely N-dealkylation sites (tertiary alicyclic amines) is 1. The lowest BCUT2D eigenvalue weighted by Crippen LogP contribution is -2.51. The number of methoxy groups -OCH3 is 1. The number of nitrogens with one attached hydrogen (secondary N) is 1. The predicted octanol–water partition coefficient (Wildman–Crippen LogP) is 1.15. The van der Waals surface area contributed by atoms with Crippen molar-refractivity contribution in [3.63, 3.8) is 0 Å². The maximum atomic E-state index is 11.9. The molecule has 0 saturated carbocycles. The molecule has 19 heavy (non-hydrogen) atoms. The highest BCUT2D eigenvalue weighted by atomic mass is 16.6. The third kappa shape index (κ3) is 5.92. The van der Waals surface area contributed by atoms with Crippen molar-refractivity contribution in [2.45, 2.75) is 45.3 Å². The zero-order chi connectivity index (χ0) is 14.5. The Hall–Kier alpha value is -1.30. The van der Waals surface area contributed by atoms with Crippen LogP contribution >= 0.6 is 0 Å². The number of carbonyl (C=O) groups excluding carboxylic acids is 2. The number of piperidine rings is 1. The third-order valence-corrected chi connectivity index (χ3v) is 2.71. The van der Waals surface area contributed by atoms with Gasteiger partial charge in [-0.1, -0.05) is 0 Å². The summed E-state index contributed by atoms with van der Waals surface area (Å²) in [6.45, 7) is 6.73. The fourth-order valence-corrected chi connectivity index (χ4v) is 1.99. The summed E-state index contributed by atoms with van der Waals surface area (Å²) in [6.07, 6.45) is 1.41. The van der Waals surface area contributed by atoms with Crippen LogP contribution in [0, 0.1) is 0 Å². The zero-order valence-corrected chi connectivity index (χ0v) is 12.2. The van der Waals surface area contributed by atoms with Crippen LogP contribution in [0.15, 0.2) is 0 Å². The zero-order valence-electron chi connectivity index (χ0n) is 12.2. The molecule has 0 aliphatic carbocycles. The molecule has 0 aromatic rings. The van der Waals surface area contributed by atoms with Gasteiger partial charge in [0.1, 0.15) is 12.2 Å². The van der Waals surface area contributed by atoms with Crippen molar-refractivity contribution >= 4 is 12.0 Å². The van der Waals surface area contributed by atoms with Crippen LogP contribution < -0.4 is 5.32 Å². The van der Waals surface area contributed by atoms with Gasteiger partial charge in [-0.2, -0.15) is 0 Å². The molecule has 0 aromatic carbocycles. The van der Waals surface area contributed by atoms with Gasteiger partial charge in [0.2, 0.25) is 5.91 Å². The van der Waals surface area contributed by atoms with Gasteiger partial charge < -0.3 is 19.7 Å². The molecule has 1 aliphatic rings. The Labute approximate surface area is 114 Å². The molecule has 0 spiro atoms. The molecule has 0 radical (unpaired) electrons. The van der Waals surface area contributed by atoms with Gasteiger partial charge in [-0.15, -0.1) is 0 Å². The second-order valence-electron chi connectivity index (χ2n) is 5.77. The highest BCUT2D eigenvalue weighted by Gasteiger charge is 2.28. The minimum atomic E-state index is -0.497. The van der Waals surface area contributed by atoms with Crippen molar-refractivity contribution in [1.82, 2.24) is 10.2 Å². The van der Waals surface area contributed by atoms with E-state index in [2.05, 4.69) is 5.32 Å². The smallest absolute Gasteiger partial charge is 0.410 e.